The van der Waals surface area contributed by atoms with E-state index in [0.717, 1.165) is 10.4 Å². The Bertz CT molecular complexity index is 925. The van der Waals surface area contributed by atoms with Crippen molar-refractivity contribution in [1.29, 1.82) is 5.26 Å². The molecule has 1 aromatic heterocycles. The van der Waals surface area contributed by atoms with Crippen LogP contribution in [0.25, 0.3) is 6.08 Å². The smallest absolute Gasteiger partial charge is 0.341 e. The molecule has 0 saturated heterocycles. The number of nitrogens with zero attached hydrogens (tertiary/aromatic N) is 1. The number of hydrogen-bond donors (Lipinski definition) is 1. The zero-order chi connectivity index (χ0) is 19.3. The van der Waals surface area contributed by atoms with Crippen molar-refractivity contribution in [2.24, 2.45) is 0 Å². The molecule has 26 heavy (non-hydrogen) atoms. The Morgan fingerprint density at radius 3 is 2.65 bits per heavy atom. The van der Waals surface area contributed by atoms with Crippen LogP contribution in [0.1, 0.15) is 33.3 Å². The van der Waals surface area contributed by atoms with Gasteiger partial charge in [0.25, 0.3) is 5.91 Å². The van der Waals surface area contributed by atoms with Gasteiger partial charge in [0.2, 0.25) is 0 Å². The van der Waals surface area contributed by atoms with Crippen molar-refractivity contribution in [1.82, 2.24) is 0 Å². The van der Waals surface area contributed by atoms with Gasteiger partial charge in [0.15, 0.2) is 0 Å². The molecule has 0 saturated carbocycles. The Morgan fingerprint density at radius 1 is 1.35 bits per heavy atom. The summed E-state index contributed by atoms with van der Waals surface area (Å²) in [4.78, 5) is 25.6. The molecule has 2 rings (SSSR count). The van der Waals surface area contributed by atoms with Gasteiger partial charge in [-0.25, -0.2) is 4.79 Å². The minimum atomic E-state index is -0.612. The number of nitriles is 1. The third kappa shape index (κ3) is 4.31. The van der Waals surface area contributed by atoms with Gasteiger partial charge in [-0.2, -0.15) is 5.26 Å². The molecule has 1 aromatic carbocycles. The molecule has 1 heterocycles. The third-order valence-corrected chi connectivity index (χ3v) is 5.13. The van der Waals surface area contributed by atoms with Gasteiger partial charge in [-0.05, 0) is 44.0 Å². The quantitative estimate of drug-likeness (QED) is 0.455. The molecule has 0 unspecified atom stereocenters. The molecule has 0 aliphatic carbocycles. The van der Waals surface area contributed by atoms with Gasteiger partial charge in [0.1, 0.15) is 16.6 Å². The summed E-state index contributed by atoms with van der Waals surface area (Å²) in [6, 6.07) is 8.77. The normalized spacial score (nSPS) is 11.0. The minimum Gasteiger partial charge on any atom is -0.462 e. The van der Waals surface area contributed by atoms with Gasteiger partial charge in [-0.1, -0.05) is 29.8 Å². The molecule has 0 aliphatic heterocycles. The Hall–Kier alpha value is -2.62. The SMILES string of the molecule is CCOC(=O)c1c(NC(=O)C(C#N)=Cc2ccccc2Cl)sc(C)c1C. The van der Waals surface area contributed by atoms with Crippen LogP contribution in [-0.2, 0) is 9.53 Å². The summed E-state index contributed by atoms with van der Waals surface area (Å²) in [5.74, 6) is -1.11. The molecular formula is C19H17ClN2O3S. The molecule has 1 N–H and O–H groups in total. The summed E-state index contributed by atoms with van der Waals surface area (Å²) in [6.07, 6.45) is 1.41. The van der Waals surface area contributed by atoms with E-state index in [0.29, 0.717) is 21.2 Å². The number of carbonyl (C=O) groups is 2. The topological polar surface area (TPSA) is 79.2 Å². The van der Waals surface area contributed by atoms with Crippen molar-refractivity contribution in [3.05, 3.63) is 56.4 Å². The Kier molecular flexibility index (Phi) is 6.56. The van der Waals surface area contributed by atoms with Crippen LogP contribution in [-0.4, -0.2) is 18.5 Å². The van der Waals surface area contributed by atoms with Gasteiger partial charge >= 0.3 is 5.97 Å². The number of halogens is 1. The average molecular weight is 389 g/mol. The number of aryl methyl sites for hydroxylation is 1. The Labute approximate surface area is 160 Å². The first-order chi connectivity index (χ1) is 12.4. The van der Waals surface area contributed by atoms with Crippen molar-refractivity contribution in [2.45, 2.75) is 20.8 Å². The number of esters is 1. The summed E-state index contributed by atoms with van der Waals surface area (Å²) in [5.41, 5.74) is 1.51. The number of ether oxygens (including phenoxy) is 1. The van der Waals surface area contributed by atoms with E-state index in [-0.39, 0.29) is 12.2 Å². The molecule has 134 valence electrons. The standard InChI is InChI=1S/C19H17ClN2O3S/c1-4-25-19(24)16-11(2)12(3)26-18(16)22-17(23)14(10-21)9-13-7-5-6-8-15(13)20/h5-9H,4H2,1-3H3,(H,22,23). The first-order valence-corrected chi connectivity index (χ1v) is 9.03. The van der Waals surface area contributed by atoms with E-state index < -0.39 is 11.9 Å². The molecule has 0 bridgehead atoms. The fraction of sp³-hybridized carbons (Fsp3) is 0.211. The van der Waals surface area contributed by atoms with Crippen molar-refractivity contribution in [3.8, 4) is 6.07 Å². The van der Waals surface area contributed by atoms with Gasteiger partial charge in [0, 0.05) is 9.90 Å². The van der Waals surface area contributed by atoms with E-state index in [4.69, 9.17) is 16.3 Å². The van der Waals surface area contributed by atoms with E-state index in [1.165, 1.54) is 17.4 Å². The van der Waals surface area contributed by atoms with Crippen LogP contribution in [0.2, 0.25) is 5.02 Å². The molecule has 2 aromatic rings. The number of amides is 1. The second kappa shape index (κ2) is 8.65. The minimum absolute atomic E-state index is 0.114. The maximum absolute atomic E-state index is 12.5. The first-order valence-electron chi connectivity index (χ1n) is 7.83. The predicted molar refractivity (Wildman–Crippen MR) is 103 cm³/mol. The fourth-order valence-corrected chi connectivity index (χ4v) is 3.46. The molecule has 0 radical (unpaired) electrons. The number of carbonyl (C=O) groups excluding carboxylic acids is 2. The average Bonchev–Trinajstić information content (AvgIpc) is 2.88. The van der Waals surface area contributed by atoms with Crippen molar-refractivity contribution in [2.75, 3.05) is 11.9 Å². The van der Waals surface area contributed by atoms with Crippen LogP contribution in [0.4, 0.5) is 5.00 Å². The number of thiophene rings is 1. The van der Waals surface area contributed by atoms with Crippen LogP contribution < -0.4 is 5.32 Å². The van der Waals surface area contributed by atoms with Gasteiger partial charge in [0.05, 0.1) is 12.2 Å². The summed E-state index contributed by atoms with van der Waals surface area (Å²) < 4.78 is 5.06. The zero-order valence-electron chi connectivity index (χ0n) is 14.6. The van der Waals surface area contributed by atoms with Crippen molar-refractivity contribution >= 4 is 45.9 Å². The summed E-state index contributed by atoms with van der Waals surface area (Å²) in [6.45, 7) is 5.59. The number of benzene rings is 1. The van der Waals surface area contributed by atoms with Crippen molar-refractivity contribution in [3.63, 3.8) is 0 Å². The van der Waals surface area contributed by atoms with Crippen LogP contribution in [0.15, 0.2) is 29.8 Å². The van der Waals surface area contributed by atoms with Crippen molar-refractivity contribution < 1.29 is 14.3 Å². The first kappa shape index (κ1) is 19.7. The second-order valence-electron chi connectivity index (χ2n) is 5.35. The molecule has 1 amide bonds. The third-order valence-electron chi connectivity index (χ3n) is 3.66. The highest BCUT2D eigenvalue weighted by atomic mass is 35.5. The summed E-state index contributed by atoms with van der Waals surface area (Å²) >= 11 is 7.34. The summed E-state index contributed by atoms with van der Waals surface area (Å²) in [7, 11) is 0. The Balaban J connectivity index is 2.35. The Morgan fingerprint density at radius 2 is 2.04 bits per heavy atom. The lowest BCUT2D eigenvalue weighted by Crippen LogP contribution is -2.16. The number of hydrogen-bond acceptors (Lipinski definition) is 5. The highest BCUT2D eigenvalue weighted by Gasteiger charge is 2.23. The van der Waals surface area contributed by atoms with Crippen LogP contribution >= 0.6 is 22.9 Å². The lowest BCUT2D eigenvalue weighted by Gasteiger charge is -2.07. The van der Waals surface area contributed by atoms with Gasteiger partial charge in [-0.15, -0.1) is 11.3 Å². The molecule has 7 heteroatoms. The fourth-order valence-electron chi connectivity index (χ4n) is 2.23. The maximum Gasteiger partial charge on any atom is 0.341 e. The van der Waals surface area contributed by atoms with Crippen LogP contribution in [0, 0.1) is 25.2 Å². The monoisotopic (exact) mass is 388 g/mol. The summed E-state index contributed by atoms with van der Waals surface area (Å²) in [5, 5.41) is 12.8. The number of rotatable bonds is 5. The highest BCUT2D eigenvalue weighted by Crippen LogP contribution is 2.33. The zero-order valence-corrected chi connectivity index (χ0v) is 16.1. The maximum atomic E-state index is 12.5. The molecule has 0 atom stereocenters. The lowest BCUT2D eigenvalue weighted by molar-refractivity contribution is -0.112. The largest absolute Gasteiger partial charge is 0.462 e. The van der Waals surface area contributed by atoms with E-state index >= 15 is 0 Å². The van der Waals surface area contributed by atoms with Gasteiger partial charge in [-0.3, -0.25) is 4.79 Å². The lowest BCUT2D eigenvalue weighted by atomic mass is 10.1. The molecule has 0 aliphatic rings. The molecule has 0 spiro atoms. The number of nitrogens with one attached hydrogen (secondary N) is 1. The predicted octanol–water partition coefficient (Wildman–Crippen LogP) is 4.74. The van der Waals surface area contributed by atoms with E-state index in [9.17, 15) is 14.9 Å². The second-order valence-corrected chi connectivity index (χ2v) is 6.99. The van der Waals surface area contributed by atoms with Crippen LogP contribution in [0.5, 0.6) is 0 Å². The molecular weight excluding hydrogens is 372 g/mol. The molecule has 0 fully saturated rings. The van der Waals surface area contributed by atoms with Gasteiger partial charge < -0.3 is 10.1 Å². The van der Waals surface area contributed by atoms with Crippen LogP contribution in [0.3, 0.4) is 0 Å². The van der Waals surface area contributed by atoms with E-state index in [1.807, 2.05) is 13.0 Å². The number of anilines is 1. The van der Waals surface area contributed by atoms with E-state index in [1.54, 1.807) is 38.1 Å². The highest BCUT2D eigenvalue weighted by molar-refractivity contribution is 7.16. The van der Waals surface area contributed by atoms with E-state index in [2.05, 4.69) is 5.32 Å². The molecule has 5 nitrogen and oxygen atoms in total.